The molecule has 0 radical (unpaired) electrons. The van der Waals surface area contributed by atoms with E-state index in [0.717, 1.165) is 62.6 Å². The predicted octanol–water partition coefficient (Wildman–Crippen LogP) is 10.7. The van der Waals surface area contributed by atoms with Crippen molar-refractivity contribution < 1.29 is 96.5 Å². The monoisotopic (exact) mass is 1010 g/mol. The van der Waals surface area contributed by atoms with Crippen LogP contribution in [0.5, 0.6) is 23.0 Å². The van der Waals surface area contributed by atoms with Gasteiger partial charge in [0.15, 0.2) is 29.1 Å². The molecule has 0 N–H and O–H groups in total. The molecule has 1 heterocycles. The highest BCUT2D eigenvalue weighted by Gasteiger charge is 2.67. The summed E-state index contributed by atoms with van der Waals surface area (Å²) in [4.78, 5) is 41.6. The first kappa shape index (κ1) is 53.5. The molecule has 5 aromatic rings. The fraction of sp³-hybridized carbons (Fsp3) is 0.340. The number of hydrogen-bond acceptors (Lipinski definition) is 12. The molecular weight excluding hydrogens is 964 g/mol. The minimum absolute atomic E-state index is 0.0289. The summed E-state index contributed by atoms with van der Waals surface area (Å²) in [6.07, 6.45) is -21.5. The molecule has 0 unspecified atom stereocenters. The van der Waals surface area contributed by atoms with E-state index in [9.17, 15) is 27.6 Å². The summed E-state index contributed by atoms with van der Waals surface area (Å²) in [6.45, 7) is 2.60. The molecule has 0 amide bonds. The Labute approximate surface area is 400 Å². The zero-order valence-electron chi connectivity index (χ0n) is 38.7. The number of rotatable bonds is 17. The second-order valence-electron chi connectivity index (χ2n) is 16.0. The standard InChI is InChI=1S/C50H45F9O12/c1-28-35-25-31(27-38(64-4)41(35)70-39(28)30-23-24-36(37(26-30)63-3)69-43(61)46(66-6,49(54,55)56)33-19-13-9-14-20-33)40(71-44(62)47(67-7,50(57,58)59)34-21-15-10-16-22-34)29(2)68-42(60)45(65-5,48(51,52)53)32-17-11-8-12-18-32/h8-29,39-40H,1-7H3/t28-,29+,39-,40-,45+,46+,47+/m0/s1. The quantitative estimate of drug-likeness (QED) is 0.0499. The first-order chi connectivity index (χ1) is 33.4. The Kier molecular flexibility index (Phi) is 15.4. The largest absolute Gasteiger partial charge is 0.493 e. The van der Waals surface area contributed by atoms with Gasteiger partial charge >= 0.3 is 36.4 Å². The minimum Gasteiger partial charge on any atom is -0.493 e. The number of fused-ring (bicyclic) bond motifs is 1. The molecule has 380 valence electrons. The Hall–Kier alpha value is -6.84. The van der Waals surface area contributed by atoms with E-state index in [1.807, 2.05) is 0 Å². The lowest BCUT2D eigenvalue weighted by Gasteiger charge is -2.36. The third-order valence-electron chi connectivity index (χ3n) is 12.0. The second-order valence-corrected chi connectivity index (χ2v) is 16.0. The first-order valence-electron chi connectivity index (χ1n) is 21.2. The summed E-state index contributed by atoms with van der Waals surface area (Å²) in [7, 11) is 4.23. The molecule has 1 aliphatic rings. The molecule has 0 saturated heterocycles. The van der Waals surface area contributed by atoms with Crippen molar-refractivity contribution in [3.05, 3.63) is 155 Å². The third kappa shape index (κ3) is 9.44. The van der Waals surface area contributed by atoms with Crippen molar-refractivity contribution in [2.75, 3.05) is 35.5 Å². The zero-order valence-corrected chi connectivity index (χ0v) is 38.7. The summed E-state index contributed by atoms with van der Waals surface area (Å²) in [6, 6.07) is 23.6. The van der Waals surface area contributed by atoms with Crippen molar-refractivity contribution in [2.45, 2.75) is 73.4 Å². The molecule has 5 aromatic carbocycles. The van der Waals surface area contributed by atoms with E-state index in [1.165, 1.54) is 79.9 Å². The molecular formula is C50H45F9O12. The van der Waals surface area contributed by atoms with Gasteiger partial charge in [0, 0.05) is 55.1 Å². The molecule has 0 fully saturated rings. The number of methoxy groups -OCH3 is 5. The zero-order chi connectivity index (χ0) is 52.3. The molecule has 0 bridgehead atoms. The minimum atomic E-state index is -5.52. The number of benzene rings is 5. The Bertz CT molecular complexity index is 2680. The summed E-state index contributed by atoms with van der Waals surface area (Å²) < 4.78 is 183. The highest BCUT2D eigenvalue weighted by Crippen LogP contribution is 2.54. The SMILES string of the molecule is COc1cc([C@H]2Oc3c(OC)cc([C@@H](OC(=O)[C@](OC)(c4ccccc4)C(F)(F)F)[C@@H](C)OC(=O)[C@](OC)(c4ccccc4)C(F)(F)F)cc3[C@@H]2C)ccc1OC(=O)[C@](OC)(c1ccccc1)C(F)(F)F. The van der Waals surface area contributed by atoms with E-state index in [2.05, 4.69) is 0 Å². The van der Waals surface area contributed by atoms with Gasteiger partial charge < -0.3 is 42.6 Å². The van der Waals surface area contributed by atoms with E-state index < -0.39 is 99.9 Å². The van der Waals surface area contributed by atoms with Crippen LogP contribution in [0.3, 0.4) is 0 Å². The lowest BCUT2D eigenvalue weighted by atomic mass is 9.89. The van der Waals surface area contributed by atoms with Gasteiger partial charge in [-0.25, -0.2) is 14.4 Å². The molecule has 1 aliphatic heterocycles. The van der Waals surface area contributed by atoms with Crippen LogP contribution in [-0.4, -0.2) is 78.1 Å². The Morgan fingerprint density at radius 2 is 0.944 bits per heavy atom. The van der Waals surface area contributed by atoms with Gasteiger partial charge in [-0.2, -0.15) is 39.5 Å². The predicted molar refractivity (Wildman–Crippen MR) is 231 cm³/mol. The number of carbonyl (C=O) groups excluding carboxylic acids is 3. The van der Waals surface area contributed by atoms with Gasteiger partial charge in [-0.15, -0.1) is 0 Å². The third-order valence-corrected chi connectivity index (χ3v) is 12.0. The molecule has 21 heteroatoms. The Morgan fingerprint density at radius 3 is 1.35 bits per heavy atom. The molecule has 0 spiro atoms. The van der Waals surface area contributed by atoms with E-state index in [4.69, 9.17) is 42.6 Å². The van der Waals surface area contributed by atoms with Crippen LogP contribution in [0.25, 0.3) is 0 Å². The average molecular weight is 1010 g/mol. The topological polar surface area (TPSA) is 134 Å². The van der Waals surface area contributed by atoms with Crippen LogP contribution >= 0.6 is 0 Å². The van der Waals surface area contributed by atoms with Crippen molar-refractivity contribution >= 4 is 17.9 Å². The number of hydrogen-bond donors (Lipinski definition) is 0. The van der Waals surface area contributed by atoms with E-state index in [0.29, 0.717) is 21.3 Å². The summed E-state index contributed by atoms with van der Waals surface area (Å²) >= 11 is 0. The van der Waals surface area contributed by atoms with Crippen LogP contribution in [0, 0.1) is 0 Å². The summed E-state index contributed by atoms with van der Waals surface area (Å²) in [5.74, 6) is -7.60. The summed E-state index contributed by atoms with van der Waals surface area (Å²) in [5, 5.41) is 0. The van der Waals surface area contributed by atoms with E-state index >= 15 is 26.3 Å². The van der Waals surface area contributed by atoms with Crippen LogP contribution in [0.1, 0.15) is 65.4 Å². The maximum Gasteiger partial charge on any atom is 0.432 e. The molecule has 0 aromatic heterocycles. The van der Waals surface area contributed by atoms with Gasteiger partial charge in [-0.05, 0) is 36.8 Å². The summed E-state index contributed by atoms with van der Waals surface area (Å²) in [5.41, 5.74) is -12.9. The molecule has 0 saturated carbocycles. The molecule has 12 nitrogen and oxygen atoms in total. The second kappa shape index (κ2) is 20.5. The van der Waals surface area contributed by atoms with Crippen molar-refractivity contribution in [3.8, 4) is 23.0 Å². The Balaban J connectivity index is 1.42. The lowest BCUT2D eigenvalue weighted by Crippen LogP contribution is -2.54. The van der Waals surface area contributed by atoms with Gasteiger partial charge in [-0.3, -0.25) is 0 Å². The van der Waals surface area contributed by atoms with Crippen molar-refractivity contribution in [2.24, 2.45) is 0 Å². The van der Waals surface area contributed by atoms with Crippen LogP contribution in [0.15, 0.2) is 121 Å². The number of carbonyl (C=O) groups is 3. The van der Waals surface area contributed by atoms with E-state index in [1.54, 1.807) is 6.92 Å². The Morgan fingerprint density at radius 1 is 0.521 bits per heavy atom. The van der Waals surface area contributed by atoms with Crippen LogP contribution in [0.2, 0.25) is 0 Å². The normalized spacial score (nSPS) is 18.3. The van der Waals surface area contributed by atoms with Crippen molar-refractivity contribution in [3.63, 3.8) is 0 Å². The van der Waals surface area contributed by atoms with Gasteiger partial charge in [0.2, 0.25) is 0 Å². The highest BCUT2D eigenvalue weighted by molar-refractivity contribution is 5.86. The molecule has 6 rings (SSSR count). The van der Waals surface area contributed by atoms with Crippen molar-refractivity contribution in [1.82, 2.24) is 0 Å². The van der Waals surface area contributed by atoms with Gasteiger partial charge in [-0.1, -0.05) is 104 Å². The smallest absolute Gasteiger partial charge is 0.432 e. The number of alkyl halides is 9. The number of halogens is 9. The van der Waals surface area contributed by atoms with Crippen molar-refractivity contribution in [1.29, 1.82) is 0 Å². The lowest BCUT2D eigenvalue weighted by molar-refractivity contribution is -0.285. The fourth-order valence-electron chi connectivity index (χ4n) is 8.40. The van der Waals surface area contributed by atoms with Gasteiger partial charge in [0.1, 0.15) is 12.2 Å². The number of ether oxygens (including phenoxy) is 9. The van der Waals surface area contributed by atoms with Crippen LogP contribution < -0.4 is 18.9 Å². The van der Waals surface area contributed by atoms with Gasteiger partial charge in [0.05, 0.1) is 14.2 Å². The average Bonchev–Trinajstić information content (AvgIpc) is 3.66. The van der Waals surface area contributed by atoms with E-state index in [-0.39, 0.29) is 33.9 Å². The number of esters is 3. The fourth-order valence-corrected chi connectivity index (χ4v) is 8.40. The van der Waals surface area contributed by atoms with Crippen LogP contribution in [0.4, 0.5) is 39.5 Å². The molecule has 7 atom stereocenters. The van der Waals surface area contributed by atoms with Crippen LogP contribution in [-0.2, 0) is 54.9 Å². The van der Waals surface area contributed by atoms with Gasteiger partial charge in [0.25, 0.3) is 16.8 Å². The molecule has 71 heavy (non-hydrogen) atoms. The highest BCUT2D eigenvalue weighted by atomic mass is 19.4. The first-order valence-corrected chi connectivity index (χ1v) is 21.2. The molecule has 0 aliphatic carbocycles. The maximum atomic E-state index is 15.2. The maximum absolute atomic E-state index is 15.2.